The molecule has 0 aromatic rings. The lowest BCUT2D eigenvalue weighted by Gasteiger charge is -2.32. The van der Waals surface area contributed by atoms with Crippen LogP contribution in [0.4, 0.5) is 30.7 Å². The summed E-state index contributed by atoms with van der Waals surface area (Å²) in [4.78, 5) is 23.5. The van der Waals surface area contributed by atoms with Gasteiger partial charge < -0.3 is 9.64 Å². The molecule has 1 heterocycles. The Kier molecular flexibility index (Phi) is 6.68. The smallest absolute Gasteiger partial charge is 0.460 e. The van der Waals surface area contributed by atoms with Crippen molar-refractivity contribution in [2.45, 2.75) is 63.1 Å². The van der Waals surface area contributed by atoms with Crippen LogP contribution in [0.5, 0.6) is 0 Å². The molecule has 0 aromatic carbocycles. The summed E-state index contributed by atoms with van der Waals surface area (Å²) in [6.45, 7) is 1.29. The molecular formula is C14H18F7NO3. The van der Waals surface area contributed by atoms with E-state index in [4.69, 9.17) is 4.74 Å². The normalized spacial score (nSPS) is 19.2. The number of carbonyl (C=O) groups excluding carboxylic acids is 2. The Morgan fingerprint density at radius 1 is 1.08 bits per heavy atom. The number of hydrogen-bond acceptors (Lipinski definition) is 3. The molecule has 0 N–H and O–H groups in total. The van der Waals surface area contributed by atoms with E-state index in [1.54, 1.807) is 0 Å². The first-order valence-electron chi connectivity index (χ1n) is 7.68. The van der Waals surface area contributed by atoms with Crippen LogP contribution in [0.1, 0.15) is 39.0 Å². The van der Waals surface area contributed by atoms with E-state index in [0.717, 1.165) is 12.8 Å². The Labute approximate surface area is 139 Å². The van der Waals surface area contributed by atoms with E-state index in [1.807, 2.05) is 6.92 Å². The van der Waals surface area contributed by atoms with Gasteiger partial charge >= 0.3 is 29.9 Å². The molecule has 1 saturated heterocycles. The van der Waals surface area contributed by atoms with Crippen molar-refractivity contribution in [1.29, 1.82) is 0 Å². The Balaban J connectivity index is 2.87. The van der Waals surface area contributed by atoms with Crippen LogP contribution in [0, 0.1) is 0 Å². The van der Waals surface area contributed by atoms with Crippen molar-refractivity contribution in [3.05, 3.63) is 0 Å². The maximum Gasteiger partial charge on any atom is 0.460 e. The van der Waals surface area contributed by atoms with Gasteiger partial charge in [-0.2, -0.15) is 30.7 Å². The number of esters is 1. The summed E-state index contributed by atoms with van der Waals surface area (Å²) >= 11 is 0. The number of hydrogen-bond donors (Lipinski definition) is 0. The maximum atomic E-state index is 13.5. The lowest BCUT2D eigenvalue weighted by atomic mass is 10.1. The van der Waals surface area contributed by atoms with Gasteiger partial charge in [0.15, 0.2) is 0 Å². The van der Waals surface area contributed by atoms with Crippen LogP contribution in [0.3, 0.4) is 0 Å². The van der Waals surface area contributed by atoms with E-state index in [1.165, 1.54) is 0 Å². The number of nitrogens with zero attached hydrogens (tertiary/aromatic N) is 1. The molecule has 25 heavy (non-hydrogen) atoms. The summed E-state index contributed by atoms with van der Waals surface area (Å²) in [5.74, 6) is -16.4. The third kappa shape index (κ3) is 4.35. The lowest BCUT2D eigenvalue weighted by molar-refractivity contribution is -0.346. The second-order valence-corrected chi connectivity index (χ2v) is 5.68. The van der Waals surface area contributed by atoms with Crippen molar-refractivity contribution in [3.63, 3.8) is 0 Å². The highest BCUT2D eigenvalue weighted by Gasteiger charge is 2.77. The molecular weight excluding hydrogens is 363 g/mol. The summed E-state index contributed by atoms with van der Waals surface area (Å²) in [5.41, 5.74) is 0. The second kappa shape index (κ2) is 7.77. The fourth-order valence-corrected chi connectivity index (χ4v) is 2.37. The Morgan fingerprint density at radius 3 is 2.20 bits per heavy atom. The summed E-state index contributed by atoms with van der Waals surface area (Å²) in [5, 5.41) is 0. The molecule has 0 aromatic heterocycles. The second-order valence-electron chi connectivity index (χ2n) is 5.68. The molecule has 1 amide bonds. The van der Waals surface area contributed by atoms with Crippen LogP contribution >= 0.6 is 0 Å². The van der Waals surface area contributed by atoms with Crippen molar-refractivity contribution < 1.29 is 45.1 Å². The Morgan fingerprint density at radius 2 is 1.68 bits per heavy atom. The zero-order valence-corrected chi connectivity index (χ0v) is 13.3. The van der Waals surface area contributed by atoms with Gasteiger partial charge in [0.1, 0.15) is 6.04 Å². The predicted molar refractivity (Wildman–Crippen MR) is 71.2 cm³/mol. The third-order valence-corrected chi connectivity index (χ3v) is 3.80. The highest BCUT2D eigenvalue weighted by molar-refractivity contribution is 5.90. The van der Waals surface area contributed by atoms with Gasteiger partial charge in [0.05, 0.1) is 6.61 Å². The van der Waals surface area contributed by atoms with E-state index in [2.05, 4.69) is 0 Å². The van der Waals surface area contributed by atoms with Crippen molar-refractivity contribution in [2.75, 3.05) is 13.2 Å². The fourth-order valence-electron chi connectivity index (χ4n) is 2.37. The standard InChI is InChI=1S/C14H18F7NO3/c1-2-3-4-8-25-10(23)9-6-5-7-22(9)11(24)12(15,16)13(17,18)14(19,20)21/h9H,2-8H2,1H3. The molecule has 1 fully saturated rings. The number of amides is 1. The molecule has 1 atom stereocenters. The fraction of sp³-hybridized carbons (Fsp3) is 0.857. The average molecular weight is 381 g/mol. The van der Waals surface area contributed by atoms with Gasteiger partial charge in [0.2, 0.25) is 0 Å². The number of halogens is 7. The minimum absolute atomic E-state index is 0.00807. The van der Waals surface area contributed by atoms with Crippen LogP contribution in [0.15, 0.2) is 0 Å². The molecule has 11 heteroatoms. The topological polar surface area (TPSA) is 46.6 Å². The molecule has 1 unspecified atom stereocenters. The summed E-state index contributed by atoms with van der Waals surface area (Å²) in [7, 11) is 0. The molecule has 1 aliphatic heterocycles. The van der Waals surface area contributed by atoms with Crippen LogP contribution in [-0.4, -0.2) is 54.0 Å². The summed E-state index contributed by atoms with van der Waals surface area (Å²) < 4.78 is 94.3. The monoisotopic (exact) mass is 381 g/mol. The van der Waals surface area contributed by atoms with E-state index in [9.17, 15) is 40.3 Å². The zero-order chi connectivity index (χ0) is 19.5. The highest BCUT2D eigenvalue weighted by atomic mass is 19.4. The number of alkyl halides is 7. The van der Waals surface area contributed by atoms with E-state index in [-0.39, 0.29) is 24.3 Å². The molecule has 1 rings (SSSR count). The van der Waals surface area contributed by atoms with Crippen molar-refractivity contribution >= 4 is 11.9 Å². The summed E-state index contributed by atoms with van der Waals surface area (Å²) in [6.07, 6.45) is -4.74. The molecule has 0 bridgehead atoms. The molecule has 4 nitrogen and oxygen atoms in total. The van der Waals surface area contributed by atoms with Gasteiger partial charge in [-0.15, -0.1) is 0 Å². The molecule has 0 aliphatic carbocycles. The molecule has 0 saturated carbocycles. The van der Waals surface area contributed by atoms with Gasteiger partial charge in [0, 0.05) is 6.54 Å². The van der Waals surface area contributed by atoms with Crippen LogP contribution in [-0.2, 0) is 14.3 Å². The van der Waals surface area contributed by atoms with E-state index >= 15 is 0 Å². The van der Waals surface area contributed by atoms with Crippen molar-refractivity contribution in [2.24, 2.45) is 0 Å². The first-order valence-corrected chi connectivity index (χ1v) is 7.68. The number of unbranched alkanes of at least 4 members (excludes halogenated alkanes) is 2. The van der Waals surface area contributed by atoms with Crippen LogP contribution in [0.2, 0.25) is 0 Å². The summed E-state index contributed by atoms with van der Waals surface area (Å²) in [6, 6.07) is -1.59. The van der Waals surface area contributed by atoms with E-state index < -0.39 is 42.5 Å². The predicted octanol–water partition coefficient (Wildman–Crippen LogP) is 3.54. The van der Waals surface area contributed by atoms with Gasteiger partial charge in [-0.1, -0.05) is 19.8 Å². The maximum absolute atomic E-state index is 13.5. The minimum Gasteiger partial charge on any atom is -0.464 e. The molecule has 0 radical (unpaired) electrons. The van der Waals surface area contributed by atoms with Gasteiger partial charge in [-0.25, -0.2) is 4.79 Å². The van der Waals surface area contributed by atoms with Gasteiger partial charge in [-0.05, 0) is 19.3 Å². The molecule has 146 valence electrons. The Bertz CT molecular complexity index is 493. The average Bonchev–Trinajstić information content (AvgIpc) is 2.98. The molecule has 0 spiro atoms. The van der Waals surface area contributed by atoms with Gasteiger partial charge in [-0.3, -0.25) is 4.79 Å². The number of carbonyl (C=O) groups is 2. The quantitative estimate of drug-likeness (QED) is 0.385. The van der Waals surface area contributed by atoms with Gasteiger partial charge in [0.25, 0.3) is 0 Å². The first kappa shape index (κ1) is 21.5. The lowest BCUT2D eigenvalue weighted by Crippen LogP contribution is -2.61. The van der Waals surface area contributed by atoms with Crippen molar-refractivity contribution in [3.8, 4) is 0 Å². The number of ether oxygens (including phenoxy) is 1. The highest BCUT2D eigenvalue weighted by Crippen LogP contribution is 2.47. The minimum atomic E-state index is -6.61. The SMILES string of the molecule is CCCCCOC(=O)C1CCCN1C(=O)C(F)(F)C(F)(F)C(F)(F)F. The van der Waals surface area contributed by atoms with E-state index in [0.29, 0.717) is 6.42 Å². The third-order valence-electron chi connectivity index (χ3n) is 3.80. The van der Waals surface area contributed by atoms with Crippen LogP contribution < -0.4 is 0 Å². The number of rotatable bonds is 7. The van der Waals surface area contributed by atoms with Crippen LogP contribution in [0.25, 0.3) is 0 Å². The zero-order valence-electron chi connectivity index (χ0n) is 13.3. The number of likely N-dealkylation sites (tertiary alicyclic amines) is 1. The molecule has 1 aliphatic rings. The van der Waals surface area contributed by atoms with Crippen molar-refractivity contribution in [1.82, 2.24) is 4.90 Å². The Hall–Kier alpha value is -1.55. The first-order chi connectivity index (χ1) is 11.4. The largest absolute Gasteiger partial charge is 0.464 e.